The molecule has 1 saturated heterocycles. The van der Waals surface area contributed by atoms with Gasteiger partial charge < -0.3 is 15.2 Å². The first-order valence-corrected chi connectivity index (χ1v) is 5.41. The summed E-state index contributed by atoms with van der Waals surface area (Å²) >= 11 is 0. The van der Waals surface area contributed by atoms with Crippen molar-refractivity contribution in [3.63, 3.8) is 0 Å². The summed E-state index contributed by atoms with van der Waals surface area (Å²) in [6, 6.07) is 5.55. The molecule has 0 saturated carbocycles. The fourth-order valence-electron chi connectivity index (χ4n) is 1.80. The third kappa shape index (κ3) is 2.63. The van der Waals surface area contributed by atoms with Crippen molar-refractivity contribution in [1.29, 1.82) is 0 Å². The highest BCUT2D eigenvalue weighted by Gasteiger charge is 2.14. The average Bonchev–Trinajstić information content (AvgIpc) is 2.73. The lowest BCUT2D eigenvalue weighted by atomic mass is 10.2. The molecule has 1 heterocycles. The average molecular weight is 207 g/mol. The van der Waals surface area contributed by atoms with E-state index in [1.54, 1.807) is 6.07 Å². The Morgan fingerprint density at radius 1 is 1.53 bits per heavy atom. The highest BCUT2D eigenvalue weighted by molar-refractivity contribution is 5.50. The second kappa shape index (κ2) is 4.53. The number of nitrogens with one attached hydrogen (secondary N) is 1. The van der Waals surface area contributed by atoms with Crippen LogP contribution in [-0.2, 0) is 4.74 Å². The highest BCUT2D eigenvalue weighted by Crippen LogP contribution is 2.20. The molecule has 1 atom stereocenters. The third-order valence-corrected chi connectivity index (χ3v) is 2.75. The minimum atomic E-state index is 0.345. The largest absolute Gasteiger partial charge is 0.508 e. The summed E-state index contributed by atoms with van der Waals surface area (Å²) in [7, 11) is 0. The molecule has 0 aliphatic carbocycles. The number of aryl methyl sites for hydroxylation is 1. The summed E-state index contributed by atoms with van der Waals surface area (Å²) in [5.74, 6) is 0.345. The number of phenols is 1. The molecular formula is C12H17NO2. The molecule has 0 aromatic heterocycles. The lowest BCUT2D eigenvalue weighted by Gasteiger charge is -2.12. The van der Waals surface area contributed by atoms with E-state index in [1.807, 2.05) is 19.1 Å². The minimum absolute atomic E-state index is 0.345. The van der Waals surface area contributed by atoms with Gasteiger partial charge in [0.15, 0.2) is 0 Å². The molecule has 2 rings (SSSR count). The summed E-state index contributed by atoms with van der Waals surface area (Å²) in [5.41, 5.74) is 1.94. The van der Waals surface area contributed by atoms with Crippen LogP contribution in [-0.4, -0.2) is 24.4 Å². The number of phenolic OH excluding ortho intramolecular Hbond substituents is 1. The molecule has 82 valence electrons. The van der Waals surface area contributed by atoms with Gasteiger partial charge in [0.1, 0.15) is 5.75 Å². The van der Waals surface area contributed by atoms with Gasteiger partial charge >= 0.3 is 0 Å². The number of benzene rings is 1. The molecule has 1 aromatic rings. The van der Waals surface area contributed by atoms with E-state index in [0.717, 1.165) is 30.8 Å². The normalized spacial score (nSPS) is 20.5. The standard InChI is InChI=1S/C12H17NO2/c1-9-7-10(4-5-12(9)14)13-8-11-3-2-6-15-11/h4-5,7,11,13-14H,2-3,6,8H2,1H3. The van der Waals surface area contributed by atoms with Crippen LogP contribution in [0.3, 0.4) is 0 Å². The van der Waals surface area contributed by atoms with E-state index in [0.29, 0.717) is 11.9 Å². The quantitative estimate of drug-likeness (QED) is 0.747. The zero-order valence-corrected chi connectivity index (χ0v) is 8.99. The zero-order valence-electron chi connectivity index (χ0n) is 8.99. The number of hydrogen-bond donors (Lipinski definition) is 2. The molecule has 2 N–H and O–H groups in total. The first kappa shape index (κ1) is 10.3. The molecule has 1 aliphatic rings. The predicted octanol–water partition coefficient (Wildman–Crippen LogP) is 2.29. The molecule has 1 unspecified atom stereocenters. The van der Waals surface area contributed by atoms with Crippen molar-refractivity contribution in [3.05, 3.63) is 23.8 Å². The van der Waals surface area contributed by atoms with E-state index < -0.39 is 0 Å². The van der Waals surface area contributed by atoms with Crippen molar-refractivity contribution in [2.75, 3.05) is 18.5 Å². The van der Waals surface area contributed by atoms with Crippen molar-refractivity contribution >= 4 is 5.69 Å². The molecule has 0 radical (unpaired) electrons. The van der Waals surface area contributed by atoms with Crippen LogP contribution in [0.5, 0.6) is 5.75 Å². The van der Waals surface area contributed by atoms with Crippen LogP contribution >= 0.6 is 0 Å². The van der Waals surface area contributed by atoms with Crippen molar-refractivity contribution in [1.82, 2.24) is 0 Å². The molecule has 0 bridgehead atoms. The molecular weight excluding hydrogens is 190 g/mol. The van der Waals surface area contributed by atoms with Crippen molar-refractivity contribution in [3.8, 4) is 5.75 Å². The Kier molecular flexibility index (Phi) is 3.11. The Balaban J connectivity index is 1.90. The molecule has 1 aliphatic heterocycles. The Morgan fingerprint density at radius 3 is 3.07 bits per heavy atom. The van der Waals surface area contributed by atoms with Crippen LogP contribution < -0.4 is 5.32 Å². The molecule has 0 spiro atoms. The van der Waals surface area contributed by atoms with Gasteiger partial charge in [-0.1, -0.05) is 0 Å². The first-order valence-electron chi connectivity index (χ1n) is 5.41. The van der Waals surface area contributed by atoms with Crippen molar-refractivity contribution in [2.24, 2.45) is 0 Å². The van der Waals surface area contributed by atoms with Crippen molar-refractivity contribution in [2.45, 2.75) is 25.9 Å². The molecule has 1 aromatic carbocycles. The van der Waals surface area contributed by atoms with Crippen molar-refractivity contribution < 1.29 is 9.84 Å². The molecule has 3 heteroatoms. The Hall–Kier alpha value is -1.22. The van der Waals surface area contributed by atoms with E-state index >= 15 is 0 Å². The maximum atomic E-state index is 9.37. The lowest BCUT2D eigenvalue weighted by Crippen LogP contribution is -2.18. The van der Waals surface area contributed by atoms with Gasteiger partial charge in [-0.15, -0.1) is 0 Å². The van der Waals surface area contributed by atoms with Gasteiger partial charge in [0, 0.05) is 18.8 Å². The number of hydrogen-bond acceptors (Lipinski definition) is 3. The zero-order chi connectivity index (χ0) is 10.7. The van der Waals surface area contributed by atoms with Gasteiger partial charge in [-0.2, -0.15) is 0 Å². The van der Waals surface area contributed by atoms with E-state index in [2.05, 4.69) is 5.32 Å². The Morgan fingerprint density at radius 2 is 2.40 bits per heavy atom. The minimum Gasteiger partial charge on any atom is -0.508 e. The predicted molar refractivity (Wildman–Crippen MR) is 60.3 cm³/mol. The number of rotatable bonds is 3. The summed E-state index contributed by atoms with van der Waals surface area (Å²) in [4.78, 5) is 0. The van der Waals surface area contributed by atoms with Gasteiger partial charge in [0.2, 0.25) is 0 Å². The van der Waals surface area contributed by atoms with Gasteiger partial charge in [-0.3, -0.25) is 0 Å². The second-order valence-corrected chi connectivity index (χ2v) is 4.02. The summed E-state index contributed by atoms with van der Waals surface area (Å²) in [6.45, 7) is 3.64. The summed E-state index contributed by atoms with van der Waals surface area (Å²) in [5, 5.41) is 12.7. The SMILES string of the molecule is Cc1cc(NCC2CCCO2)ccc1O. The lowest BCUT2D eigenvalue weighted by molar-refractivity contribution is 0.120. The topological polar surface area (TPSA) is 41.5 Å². The fourth-order valence-corrected chi connectivity index (χ4v) is 1.80. The maximum Gasteiger partial charge on any atom is 0.118 e. The first-order chi connectivity index (χ1) is 7.25. The number of ether oxygens (including phenoxy) is 1. The fraction of sp³-hybridized carbons (Fsp3) is 0.500. The van der Waals surface area contributed by atoms with Gasteiger partial charge in [-0.05, 0) is 43.5 Å². The van der Waals surface area contributed by atoms with E-state index in [-0.39, 0.29) is 0 Å². The van der Waals surface area contributed by atoms with Gasteiger partial charge in [0.25, 0.3) is 0 Å². The van der Waals surface area contributed by atoms with Crippen LogP contribution in [0.4, 0.5) is 5.69 Å². The highest BCUT2D eigenvalue weighted by atomic mass is 16.5. The van der Waals surface area contributed by atoms with Crippen LogP contribution in [0.1, 0.15) is 18.4 Å². The number of anilines is 1. The molecule has 0 amide bonds. The van der Waals surface area contributed by atoms with Gasteiger partial charge in [0.05, 0.1) is 6.10 Å². The van der Waals surface area contributed by atoms with Crippen LogP contribution in [0.2, 0.25) is 0 Å². The van der Waals surface area contributed by atoms with Gasteiger partial charge in [-0.25, -0.2) is 0 Å². The van der Waals surface area contributed by atoms with Crippen LogP contribution in [0.25, 0.3) is 0 Å². The smallest absolute Gasteiger partial charge is 0.118 e. The van der Waals surface area contributed by atoms with Crippen LogP contribution in [0, 0.1) is 6.92 Å². The molecule has 15 heavy (non-hydrogen) atoms. The second-order valence-electron chi connectivity index (χ2n) is 4.02. The van der Waals surface area contributed by atoms with E-state index in [4.69, 9.17) is 4.74 Å². The maximum absolute atomic E-state index is 9.37. The van der Waals surface area contributed by atoms with E-state index in [9.17, 15) is 5.11 Å². The third-order valence-electron chi connectivity index (χ3n) is 2.75. The van der Waals surface area contributed by atoms with Crippen LogP contribution in [0.15, 0.2) is 18.2 Å². The summed E-state index contributed by atoms with van der Waals surface area (Å²) < 4.78 is 5.52. The molecule has 3 nitrogen and oxygen atoms in total. The Labute approximate surface area is 90.1 Å². The summed E-state index contributed by atoms with van der Waals surface area (Å²) in [6.07, 6.45) is 2.66. The van der Waals surface area contributed by atoms with E-state index in [1.165, 1.54) is 6.42 Å². The monoisotopic (exact) mass is 207 g/mol. The number of aromatic hydroxyl groups is 1. The molecule has 1 fully saturated rings. The Bertz CT molecular complexity index is 332.